The minimum Gasteiger partial charge on any atom is -0.457 e. The van der Waals surface area contributed by atoms with E-state index in [0.717, 1.165) is 65.4 Å². The van der Waals surface area contributed by atoms with Crippen LogP contribution < -0.4 is 10.5 Å². The molecular formula is C32H37N9O3. The number of hydrogen-bond acceptors (Lipinski definition) is 9. The van der Waals surface area contributed by atoms with E-state index in [1.165, 1.54) is 6.34 Å². The molecule has 1 unspecified atom stereocenters. The molecule has 3 aromatic heterocycles. The highest BCUT2D eigenvalue weighted by atomic mass is 16.6. The van der Waals surface area contributed by atoms with Crippen molar-refractivity contribution in [2.75, 3.05) is 26.2 Å². The Bertz CT molecular complexity index is 1740. The number of pyridine rings is 1. The predicted molar refractivity (Wildman–Crippen MR) is 168 cm³/mol. The van der Waals surface area contributed by atoms with Crippen molar-refractivity contribution >= 4 is 29.5 Å². The highest BCUT2D eigenvalue weighted by Crippen LogP contribution is 2.38. The van der Waals surface area contributed by atoms with Crippen LogP contribution in [0, 0.1) is 6.92 Å². The molecule has 0 spiro atoms. The summed E-state index contributed by atoms with van der Waals surface area (Å²) in [4.78, 5) is 34.5. The summed E-state index contributed by atoms with van der Waals surface area (Å²) in [6.07, 6.45) is 7.02. The van der Waals surface area contributed by atoms with Crippen LogP contribution in [-0.2, 0) is 11.3 Å². The summed E-state index contributed by atoms with van der Waals surface area (Å²) in [5.41, 5.74) is 10.8. The first-order valence-electron chi connectivity index (χ1n) is 14.8. The van der Waals surface area contributed by atoms with Gasteiger partial charge in [-0.2, -0.15) is 5.10 Å². The van der Waals surface area contributed by atoms with Crippen LogP contribution in [0.3, 0.4) is 0 Å². The smallest absolute Gasteiger partial charge is 0.410 e. The summed E-state index contributed by atoms with van der Waals surface area (Å²) in [6.45, 7) is 11.4. The molecule has 0 saturated carbocycles. The molecule has 44 heavy (non-hydrogen) atoms. The normalized spacial score (nSPS) is 17.5. The van der Waals surface area contributed by atoms with E-state index in [1.807, 2.05) is 55.4 Å². The fourth-order valence-corrected chi connectivity index (χ4v) is 5.43. The van der Waals surface area contributed by atoms with Crippen LogP contribution >= 0.6 is 0 Å². The fraction of sp³-hybridized carbons (Fsp3) is 0.375. The number of aryl methyl sites for hydroxylation is 1. The standard InChI is InChI=1S/C32H37N9O3/c1-21-16-22(6-7-25(21)43-24-8-10-34-26(17-24)35-19-33)27-28(38-27)29-30-23(9-13-41(30)37-20-36-29)18-39-11-5-12-40(15-14-39)31(42)44-32(2,3)4/h6-10,13,16-17,19-20,27H,5,11-12,14-15,18H2,1-4H3,(H2,33,34,35). The second-order valence-electron chi connectivity index (χ2n) is 12.0. The van der Waals surface area contributed by atoms with Crippen molar-refractivity contribution in [1.82, 2.24) is 29.4 Å². The van der Waals surface area contributed by atoms with Crippen LogP contribution in [-0.4, -0.2) is 79.3 Å². The van der Waals surface area contributed by atoms with Gasteiger partial charge in [0.05, 0.1) is 17.6 Å². The Morgan fingerprint density at radius 1 is 1.11 bits per heavy atom. The van der Waals surface area contributed by atoms with Crippen molar-refractivity contribution in [3.05, 3.63) is 77.5 Å². The molecule has 0 bridgehead atoms. The molecule has 6 rings (SSSR count). The topological polar surface area (TPSA) is 136 Å². The highest BCUT2D eigenvalue weighted by molar-refractivity contribution is 6.16. The third-order valence-electron chi connectivity index (χ3n) is 7.54. The summed E-state index contributed by atoms with van der Waals surface area (Å²) in [6, 6.07) is 11.6. The second-order valence-corrected chi connectivity index (χ2v) is 12.0. The van der Waals surface area contributed by atoms with E-state index in [2.05, 4.69) is 37.1 Å². The highest BCUT2D eigenvalue weighted by Gasteiger charge is 2.35. The van der Waals surface area contributed by atoms with Crippen molar-refractivity contribution < 1.29 is 14.3 Å². The number of aromatic nitrogens is 4. The number of amides is 1. The molecule has 0 radical (unpaired) electrons. The minimum atomic E-state index is -0.506. The molecule has 1 aromatic carbocycles. The lowest BCUT2D eigenvalue weighted by Crippen LogP contribution is -2.39. The van der Waals surface area contributed by atoms with Gasteiger partial charge in [-0.25, -0.2) is 24.3 Å². The molecule has 2 aliphatic rings. The first-order chi connectivity index (χ1) is 21.2. The fourth-order valence-electron chi connectivity index (χ4n) is 5.43. The number of fused-ring (bicyclic) bond motifs is 1. The molecule has 4 aromatic rings. The van der Waals surface area contributed by atoms with E-state index >= 15 is 0 Å². The number of benzene rings is 1. The van der Waals surface area contributed by atoms with Crippen LogP contribution in [0.15, 0.2) is 65.1 Å². The van der Waals surface area contributed by atoms with E-state index in [4.69, 9.17) is 20.2 Å². The van der Waals surface area contributed by atoms with Gasteiger partial charge >= 0.3 is 6.09 Å². The van der Waals surface area contributed by atoms with Crippen molar-refractivity contribution in [3.63, 3.8) is 0 Å². The first-order valence-corrected chi connectivity index (χ1v) is 14.8. The van der Waals surface area contributed by atoms with Gasteiger partial charge in [0, 0.05) is 51.2 Å². The van der Waals surface area contributed by atoms with Crippen molar-refractivity contribution in [3.8, 4) is 11.5 Å². The number of aliphatic imine (C=N–C) groups is 2. The summed E-state index contributed by atoms with van der Waals surface area (Å²) >= 11 is 0. The van der Waals surface area contributed by atoms with E-state index in [0.29, 0.717) is 24.7 Å². The third kappa shape index (κ3) is 6.55. The van der Waals surface area contributed by atoms with Gasteiger partial charge in [-0.1, -0.05) is 6.07 Å². The summed E-state index contributed by atoms with van der Waals surface area (Å²) < 4.78 is 13.6. The Labute approximate surface area is 256 Å². The Morgan fingerprint density at radius 2 is 1.98 bits per heavy atom. The summed E-state index contributed by atoms with van der Waals surface area (Å²) in [7, 11) is 0. The number of nitrogens with two attached hydrogens (primary N) is 1. The van der Waals surface area contributed by atoms with E-state index < -0.39 is 5.60 Å². The maximum atomic E-state index is 12.6. The van der Waals surface area contributed by atoms with Gasteiger partial charge in [-0.3, -0.25) is 9.89 Å². The van der Waals surface area contributed by atoms with Gasteiger partial charge in [0.15, 0.2) is 5.82 Å². The lowest BCUT2D eigenvalue weighted by atomic mass is 10.0. The molecule has 228 valence electrons. The number of hydrogen-bond donors (Lipinski definition) is 1. The lowest BCUT2D eigenvalue weighted by Gasteiger charge is -2.26. The van der Waals surface area contributed by atoms with Crippen molar-refractivity contribution in [2.24, 2.45) is 15.7 Å². The average Bonchev–Trinajstić information content (AvgIpc) is 3.72. The van der Waals surface area contributed by atoms with Crippen molar-refractivity contribution in [1.29, 1.82) is 0 Å². The molecular weight excluding hydrogens is 558 g/mol. The van der Waals surface area contributed by atoms with E-state index in [1.54, 1.807) is 24.7 Å². The number of ether oxygens (including phenoxy) is 2. The molecule has 12 nitrogen and oxygen atoms in total. The third-order valence-corrected chi connectivity index (χ3v) is 7.54. The zero-order valence-corrected chi connectivity index (χ0v) is 25.5. The zero-order valence-electron chi connectivity index (χ0n) is 25.5. The van der Waals surface area contributed by atoms with Crippen molar-refractivity contribution in [2.45, 2.75) is 52.3 Å². The van der Waals surface area contributed by atoms with Gasteiger partial charge in [-0.15, -0.1) is 0 Å². The molecule has 12 heteroatoms. The number of carbonyl (C=O) groups is 1. The van der Waals surface area contributed by atoms with E-state index in [-0.39, 0.29) is 12.1 Å². The Morgan fingerprint density at radius 3 is 2.77 bits per heavy atom. The monoisotopic (exact) mass is 595 g/mol. The minimum absolute atomic E-state index is 0.0730. The summed E-state index contributed by atoms with van der Waals surface area (Å²) in [5.74, 6) is 1.85. The predicted octanol–water partition coefficient (Wildman–Crippen LogP) is 4.83. The first kappa shape index (κ1) is 29.2. The summed E-state index contributed by atoms with van der Waals surface area (Å²) in [5, 5.41) is 4.46. The van der Waals surface area contributed by atoms with Crippen LogP contribution in [0.5, 0.6) is 11.5 Å². The Kier molecular flexibility index (Phi) is 8.00. The largest absolute Gasteiger partial charge is 0.457 e. The van der Waals surface area contributed by atoms with Gasteiger partial charge < -0.3 is 20.1 Å². The van der Waals surface area contributed by atoms with Gasteiger partial charge in [0.1, 0.15) is 35.2 Å². The average molecular weight is 596 g/mol. The molecule has 5 heterocycles. The van der Waals surface area contributed by atoms with E-state index in [9.17, 15) is 4.79 Å². The second kappa shape index (κ2) is 12.0. The zero-order chi connectivity index (χ0) is 30.8. The van der Waals surface area contributed by atoms with Gasteiger partial charge in [0.25, 0.3) is 0 Å². The number of rotatable bonds is 7. The van der Waals surface area contributed by atoms with Gasteiger partial charge in [0.2, 0.25) is 0 Å². The van der Waals surface area contributed by atoms with Crippen LogP contribution in [0.4, 0.5) is 10.6 Å². The van der Waals surface area contributed by atoms with Crippen LogP contribution in [0.2, 0.25) is 0 Å². The SMILES string of the molecule is Cc1cc(C2N=C2c2ncnn3ccc(CN4CCCN(C(=O)OC(C)(C)C)CC4)c23)ccc1Oc1ccnc(N=CN)c1. The maximum absolute atomic E-state index is 12.6. The number of nitrogens with zero attached hydrogens (tertiary/aromatic N) is 8. The van der Waals surface area contributed by atoms with Crippen LogP contribution in [0.25, 0.3) is 5.52 Å². The molecule has 2 aliphatic heterocycles. The van der Waals surface area contributed by atoms with Gasteiger partial charge in [-0.05, 0) is 75.1 Å². The molecule has 1 atom stereocenters. The molecule has 1 saturated heterocycles. The molecule has 0 aliphatic carbocycles. The molecule has 2 N–H and O–H groups in total. The molecule has 1 fully saturated rings. The quantitative estimate of drug-likeness (QED) is 0.237. The number of carbonyl (C=O) groups excluding carboxylic acids is 1. The Hall–Kier alpha value is -4.84. The Balaban J connectivity index is 1.14. The maximum Gasteiger partial charge on any atom is 0.410 e. The van der Waals surface area contributed by atoms with Crippen LogP contribution in [0.1, 0.15) is 55.6 Å². The lowest BCUT2D eigenvalue weighted by molar-refractivity contribution is 0.0257. The molecule has 1 amide bonds.